The number of carbonyl (C=O) groups excluding carboxylic acids is 2. The molecule has 0 bridgehead atoms. The molecule has 1 amide bonds. The van der Waals surface area contributed by atoms with Crippen LogP contribution < -0.4 is 5.73 Å². The van der Waals surface area contributed by atoms with Crippen LogP contribution in [-0.4, -0.2) is 33.9 Å². The average molecular weight is 461 g/mol. The van der Waals surface area contributed by atoms with Crippen molar-refractivity contribution in [3.05, 3.63) is 93.6 Å². The van der Waals surface area contributed by atoms with Gasteiger partial charge in [-0.1, -0.05) is 83.9 Å². The number of allylic oxidation sites excluding steroid dienone is 1. The molecule has 0 aromatic heterocycles. The molecule has 2 N–H and O–H groups in total. The van der Waals surface area contributed by atoms with Crippen LogP contribution in [0.5, 0.6) is 0 Å². The van der Waals surface area contributed by atoms with Crippen LogP contribution in [0.4, 0.5) is 0 Å². The Labute approximate surface area is 188 Å². The highest BCUT2D eigenvalue weighted by Crippen LogP contribution is 2.41. The molecule has 30 heavy (non-hydrogen) atoms. The van der Waals surface area contributed by atoms with E-state index in [1.165, 1.54) is 22.7 Å². The minimum Gasteiger partial charge on any atom is -0.448 e. The molecule has 0 aliphatic carbocycles. The SMILES string of the molecule is NC1C(=O)N2C(C(=O)OC(c3ccccc3)c3ccccc3)=C(C=C(Cl)Cl)CS[C@H]12. The third kappa shape index (κ3) is 4.01. The number of hydrogen-bond donors (Lipinski definition) is 1. The fourth-order valence-corrected chi connectivity index (χ4v) is 5.03. The normalized spacial score (nSPS) is 20.5. The Morgan fingerprint density at radius 2 is 1.67 bits per heavy atom. The van der Waals surface area contributed by atoms with Crippen molar-refractivity contribution < 1.29 is 14.3 Å². The zero-order chi connectivity index (χ0) is 21.3. The van der Waals surface area contributed by atoms with E-state index in [1.807, 2.05) is 60.7 Å². The lowest BCUT2D eigenvalue weighted by atomic mass is 10.0. The summed E-state index contributed by atoms with van der Waals surface area (Å²) in [4.78, 5) is 27.2. The molecule has 1 unspecified atom stereocenters. The first-order valence-corrected chi connectivity index (χ1v) is 11.0. The third-order valence-corrected chi connectivity index (χ3v) is 6.49. The van der Waals surface area contributed by atoms with Crippen LogP contribution in [-0.2, 0) is 14.3 Å². The number of hydrogen-bond acceptors (Lipinski definition) is 5. The minimum absolute atomic E-state index is 0.00529. The number of rotatable bonds is 5. The van der Waals surface area contributed by atoms with Crippen molar-refractivity contribution in [1.29, 1.82) is 0 Å². The summed E-state index contributed by atoms with van der Waals surface area (Å²) in [5.74, 6) is -0.512. The summed E-state index contributed by atoms with van der Waals surface area (Å²) in [7, 11) is 0. The molecule has 1 fully saturated rings. The predicted octanol–water partition coefficient (Wildman–Crippen LogP) is 4.13. The van der Waals surface area contributed by atoms with Crippen LogP contribution in [0.3, 0.4) is 0 Å². The average Bonchev–Trinajstić information content (AvgIpc) is 2.77. The molecule has 2 heterocycles. The first-order chi connectivity index (χ1) is 14.5. The van der Waals surface area contributed by atoms with E-state index < -0.39 is 18.1 Å². The van der Waals surface area contributed by atoms with Crippen LogP contribution in [0, 0.1) is 0 Å². The number of β-lactam (4-membered cyclic amide) rings is 1. The van der Waals surface area contributed by atoms with Gasteiger partial charge in [-0.25, -0.2) is 4.79 Å². The van der Waals surface area contributed by atoms with E-state index >= 15 is 0 Å². The van der Waals surface area contributed by atoms with E-state index in [0.717, 1.165) is 11.1 Å². The summed E-state index contributed by atoms with van der Waals surface area (Å²) < 4.78 is 5.95. The van der Waals surface area contributed by atoms with Gasteiger partial charge in [-0.2, -0.15) is 0 Å². The zero-order valence-corrected chi connectivity index (χ0v) is 18.0. The molecule has 5 nitrogen and oxygen atoms in total. The van der Waals surface area contributed by atoms with Crippen molar-refractivity contribution in [1.82, 2.24) is 4.90 Å². The summed E-state index contributed by atoms with van der Waals surface area (Å²) in [5.41, 5.74) is 8.22. The van der Waals surface area contributed by atoms with Crippen molar-refractivity contribution in [2.24, 2.45) is 5.73 Å². The molecule has 2 atom stereocenters. The molecule has 0 radical (unpaired) electrons. The molecule has 2 aromatic carbocycles. The van der Waals surface area contributed by atoms with Crippen LogP contribution in [0.1, 0.15) is 17.2 Å². The second-order valence-corrected chi connectivity index (χ2v) is 8.96. The summed E-state index contributed by atoms with van der Waals surface area (Å²) in [6, 6.07) is 18.2. The summed E-state index contributed by atoms with van der Waals surface area (Å²) in [6.07, 6.45) is 0.835. The van der Waals surface area contributed by atoms with Crippen LogP contribution >= 0.6 is 35.0 Å². The molecule has 2 aliphatic rings. The van der Waals surface area contributed by atoms with Crippen LogP contribution in [0.25, 0.3) is 0 Å². The van der Waals surface area contributed by atoms with Gasteiger partial charge in [-0.15, -0.1) is 11.8 Å². The number of nitrogens with zero attached hydrogens (tertiary/aromatic N) is 1. The fourth-order valence-electron chi connectivity index (χ4n) is 3.52. The van der Waals surface area contributed by atoms with Gasteiger partial charge in [0.1, 0.15) is 21.6 Å². The second-order valence-electron chi connectivity index (χ2n) is 6.85. The predicted molar refractivity (Wildman–Crippen MR) is 119 cm³/mol. The maximum atomic E-state index is 13.3. The number of carbonyl (C=O) groups is 2. The minimum atomic E-state index is -0.645. The smallest absolute Gasteiger partial charge is 0.356 e. The second kappa shape index (κ2) is 8.86. The van der Waals surface area contributed by atoms with Gasteiger partial charge in [0.25, 0.3) is 0 Å². The van der Waals surface area contributed by atoms with Gasteiger partial charge in [0.05, 0.1) is 0 Å². The molecule has 4 rings (SSSR count). The number of halogens is 2. The zero-order valence-electron chi connectivity index (χ0n) is 15.7. The molecule has 0 saturated carbocycles. The third-order valence-electron chi connectivity index (χ3n) is 4.95. The molecule has 2 aliphatic heterocycles. The van der Waals surface area contributed by atoms with E-state index in [0.29, 0.717) is 11.3 Å². The molecule has 8 heteroatoms. The monoisotopic (exact) mass is 460 g/mol. The number of amides is 1. The molecule has 1 saturated heterocycles. The Morgan fingerprint density at radius 3 is 2.20 bits per heavy atom. The number of nitrogens with two attached hydrogens (primary N) is 1. The van der Waals surface area contributed by atoms with Crippen molar-refractivity contribution >= 4 is 46.8 Å². The maximum Gasteiger partial charge on any atom is 0.356 e. The van der Waals surface area contributed by atoms with Crippen molar-refractivity contribution in [2.75, 3.05) is 5.75 Å². The number of ether oxygens (including phenoxy) is 1. The number of fused-ring (bicyclic) bond motifs is 1. The first-order valence-electron chi connectivity index (χ1n) is 9.24. The Kier molecular flexibility index (Phi) is 6.20. The molecular weight excluding hydrogens is 443 g/mol. The fraction of sp³-hybridized carbons (Fsp3) is 0.182. The van der Waals surface area contributed by atoms with Gasteiger partial charge in [-0.05, 0) is 22.8 Å². The highest BCUT2D eigenvalue weighted by molar-refractivity contribution is 8.00. The van der Waals surface area contributed by atoms with Gasteiger partial charge in [0, 0.05) is 5.75 Å². The van der Waals surface area contributed by atoms with Gasteiger partial charge in [0.2, 0.25) is 5.91 Å². The van der Waals surface area contributed by atoms with Crippen LogP contribution in [0.2, 0.25) is 0 Å². The summed E-state index contributed by atoms with van der Waals surface area (Å²) >= 11 is 13.2. The van der Waals surface area contributed by atoms with Crippen LogP contribution in [0.15, 0.2) is 82.5 Å². The van der Waals surface area contributed by atoms with E-state index in [1.54, 1.807) is 0 Å². The number of benzene rings is 2. The maximum absolute atomic E-state index is 13.3. The first kappa shape index (κ1) is 21.0. The van der Waals surface area contributed by atoms with E-state index in [-0.39, 0.29) is 21.5 Å². The molecule has 0 spiro atoms. The lowest BCUT2D eigenvalue weighted by molar-refractivity contribution is -0.153. The van der Waals surface area contributed by atoms with Gasteiger partial charge in [0.15, 0.2) is 6.10 Å². The van der Waals surface area contributed by atoms with Gasteiger partial charge < -0.3 is 10.5 Å². The number of esters is 1. The van der Waals surface area contributed by atoms with Gasteiger partial charge >= 0.3 is 5.97 Å². The highest BCUT2D eigenvalue weighted by Gasteiger charge is 2.52. The largest absolute Gasteiger partial charge is 0.448 e. The Morgan fingerprint density at radius 1 is 1.10 bits per heavy atom. The standard InChI is InChI=1S/C22H18Cl2N2O3S/c23-16(24)11-15-12-30-21-17(25)20(27)26(21)18(15)22(28)29-19(13-7-3-1-4-8-13)14-9-5-2-6-10-14/h1-11,17,19,21H,12,25H2/t17?,21-/m1/s1. The highest BCUT2D eigenvalue weighted by atomic mass is 35.5. The lowest BCUT2D eigenvalue weighted by Gasteiger charge is -2.48. The summed E-state index contributed by atoms with van der Waals surface area (Å²) in [5, 5.41) is -0.307. The van der Waals surface area contributed by atoms with E-state index in [9.17, 15) is 9.59 Å². The van der Waals surface area contributed by atoms with E-state index in [4.69, 9.17) is 33.7 Å². The topological polar surface area (TPSA) is 72.6 Å². The van der Waals surface area contributed by atoms with Gasteiger partial charge in [-0.3, -0.25) is 9.69 Å². The molecule has 2 aromatic rings. The Bertz CT molecular complexity index is 984. The Balaban J connectivity index is 1.72. The quantitative estimate of drug-likeness (QED) is 0.536. The van der Waals surface area contributed by atoms with Crippen molar-refractivity contribution in [2.45, 2.75) is 17.5 Å². The summed E-state index contributed by atoms with van der Waals surface area (Å²) in [6.45, 7) is 0. The van der Waals surface area contributed by atoms with E-state index in [2.05, 4.69) is 0 Å². The lowest BCUT2D eigenvalue weighted by Crippen LogP contribution is -2.68. The molecule has 154 valence electrons. The Hall–Kier alpha value is -2.25. The number of thioether (sulfide) groups is 1. The van der Waals surface area contributed by atoms with Crippen molar-refractivity contribution in [3.63, 3.8) is 0 Å². The molecular formula is C22H18Cl2N2O3S. The van der Waals surface area contributed by atoms with Crippen molar-refractivity contribution in [3.8, 4) is 0 Å².